The summed E-state index contributed by atoms with van der Waals surface area (Å²) in [7, 11) is 0. The van der Waals surface area contributed by atoms with E-state index in [0.717, 1.165) is 36.9 Å². The van der Waals surface area contributed by atoms with E-state index in [1.807, 2.05) is 25.1 Å². The van der Waals surface area contributed by atoms with Gasteiger partial charge in [0.15, 0.2) is 5.78 Å². The Hall–Kier alpha value is -1.98. The maximum atomic E-state index is 13.1. The third-order valence-corrected chi connectivity index (χ3v) is 6.11. The summed E-state index contributed by atoms with van der Waals surface area (Å²) in [6.07, 6.45) is 3.85. The molecule has 1 unspecified atom stereocenters. The highest BCUT2D eigenvalue weighted by molar-refractivity contribution is 6.31. The molecule has 0 radical (unpaired) electrons. The van der Waals surface area contributed by atoms with Crippen molar-refractivity contribution in [1.82, 2.24) is 0 Å². The molecule has 1 aliphatic carbocycles. The number of ketones is 1. The standard InChI is InChI=1S/C22H24ClNO4/c1-13-19(22(26)28-12-14-6-5-11-27-14)20(15-7-2-3-8-16(15)23)21-17(24-13)9-4-10-18(21)25/h2-3,7-8,14,19-20H,4-6,9-12H2,1H3/t14-,19?,20+/m1/s1. The molecule has 148 valence electrons. The summed E-state index contributed by atoms with van der Waals surface area (Å²) in [6, 6.07) is 7.40. The lowest BCUT2D eigenvalue weighted by molar-refractivity contribution is -0.149. The minimum absolute atomic E-state index is 0.0466. The molecular formula is C22H24ClNO4. The lowest BCUT2D eigenvalue weighted by atomic mass is 9.72. The predicted octanol–water partition coefficient (Wildman–Crippen LogP) is 4.24. The molecule has 1 saturated heterocycles. The molecule has 1 aromatic carbocycles. The van der Waals surface area contributed by atoms with Crippen molar-refractivity contribution in [3.63, 3.8) is 0 Å². The first-order valence-corrected chi connectivity index (χ1v) is 10.3. The van der Waals surface area contributed by atoms with Crippen LogP contribution >= 0.6 is 11.6 Å². The van der Waals surface area contributed by atoms with Gasteiger partial charge >= 0.3 is 5.97 Å². The molecule has 3 aliphatic rings. The normalized spacial score (nSPS) is 27.4. The third kappa shape index (κ3) is 3.65. The predicted molar refractivity (Wildman–Crippen MR) is 107 cm³/mol. The number of hydrogen-bond acceptors (Lipinski definition) is 5. The Labute approximate surface area is 169 Å². The number of allylic oxidation sites excluding steroid dienone is 2. The monoisotopic (exact) mass is 401 g/mol. The van der Waals surface area contributed by atoms with E-state index in [1.165, 1.54) is 0 Å². The molecule has 2 aliphatic heterocycles. The summed E-state index contributed by atoms with van der Waals surface area (Å²) < 4.78 is 11.2. The van der Waals surface area contributed by atoms with Gasteiger partial charge in [-0.1, -0.05) is 29.8 Å². The molecule has 28 heavy (non-hydrogen) atoms. The number of carbonyl (C=O) groups is 2. The molecule has 0 N–H and O–H groups in total. The minimum Gasteiger partial charge on any atom is -0.462 e. The van der Waals surface area contributed by atoms with Gasteiger partial charge in [-0.2, -0.15) is 0 Å². The smallest absolute Gasteiger partial charge is 0.315 e. The minimum atomic E-state index is -0.651. The molecule has 0 amide bonds. The first-order chi connectivity index (χ1) is 13.6. The zero-order chi connectivity index (χ0) is 19.7. The van der Waals surface area contributed by atoms with Gasteiger partial charge < -0.3 is 9.47 Å². The average molecular weight is 402 g/mol. The Morgan fingerprint density at radius 1 is 1.29 bits per heavy atom. The van der Waals surface area contributed by atoms with E-state index in [9.17, 15) is 9.59 Å². The lowest BCUT2D eigenvalue weighted by Gasteiger charge is -2.35. The van der Waals surface area contributed by atoms with Gasteiger partial charge in [-0.15, -0.1) is 0 Å². The van der Waals surface area contributed by atoms with Crippen LogP contribution in [0.2, 0.25) is 5.02 Å². The second-order valence-electron chi connectivity index (χ2n) is 7.63. The van der Waals surface area contributed by atoms with Crippen LogP contribution in [0.25, 0.3) is 0 Å². The molecule has 6 heteroatoms. The number of aliphatic imine (C=N–C) groups is 1. The Morgan fingerprint density at radius 2 is 2.11 bits per heavy atom. The van der Waals surface area contributed by atoms with E-state index in [0.29, 0.717) is 29.3 Å². The number of nitrogens with zero attached hydrogens (tertiary/aromatic N) is 1. The van der Waals surface area contributed by atoms with Gasteiger partial charge in [-0.3, -0.25) is 14.6 Å². The zero-order valence-corrected chi connectivity index (χ0v) is 16.7. The number of esters is 1. The van der Waals surface area contributed by atoms with Crippen molar-refractivity contribution in [2.24, 2.45) is 10.9 Å². The van der Waals surface area contributed by atoms with E-state index >= 15 is 0 Å². The van der Waals surface area contributed by atoms with Gasteiger partial charge in [-0.25, -0.2) is 0 Å². The van der Waals surface area contributed by atoms with Crippen LogP contribution in [0.15, 0.2) is 40.5 Å². The fourth-order valence-corrected chi connectivity index (χ4v) is 4.67. The summed E-state index contributed by atoms with van der Waals surface area (Å²) in [5.74, 6) is -1.42. The lowest BCUT2D eigenvalue weighted by Crippen LogP contribution is -2.38. The second-order valence-corrected chi connectivity index (χ2v) is 8.04. The van der Waals surface area contributed by atoms with Crippen molar-refractivity contribution < 1.29 is 19.1 Å². The molecule has 1 fully saturated rings. The van der Waals surface area contributed by atoms with Crippen LogP contribution < -0.4 is 0 Å². The molecule has 0 spiro atoms. The molecular weight excluding hydrogens is 378 g/mol. The molecule has 0 bridgehead atoms. The quantitative estimate of drug-likeness (QED) is 0.707. The number of hydrogen-bond donors (Lipinski definition) is 0. The Balaban J connectivity index is 1.70. The number of carbonyl (C=O) groups excluding carboxylic acids is 2. The van der Waals surface area contributed by atoms with E-state index in [2.05, 4.69) is 4.99 Å². The Kier molecular flexibility index (Phi) is 5.65. The largest absolute Gasteiger partial charge is 0.462 e. The molecule has 0 aromatic heterocycles. The van der Waals surface area contributed by atoms with Gasteiger partial charge in [0.05, 0.1) is 6.10 Å². The maximum Gasteiger partial charge on any atom is 0.315 e. The number of benzene rings is 1. The fraction of sp³-hybridized carbons (Fsp3) is 0.500. The maximum absolute atomic E-state index is 13.1. The SMILES string of the molecule is CC1=NC2=C(C(=O)CCC2)[C@@H](c2ccccc2Cl)C1C(=O)OC[C@H]1CCCO1. The number of ether oxygens (including phenoxy) is 2. The summed E-state index contributed by atoms with van der Waals surface area (Å²) in [4.78, 5) is 30.6. The first-order valence-electron chi connectivity index (χ1n) is 9.90. The summed E-state index contributed by atoms with van der Waals surface area (Å²) in [5.41, 5.74) is 2.88. The molecule has 5 nitrogen and oxygen atoms in total. The van der Waals surface area contributed by atoms with Crippen LogP contribution in [0.4, 0.5) is 0 Å². The summed E-state index contributed by atoms with van der Waals surface area (Å²) in [6.45, 7) is 2.78. The number of halogens is 1. The fourth-order valence-electron chi connectivity index (χ4n) is 4.42. The van der Waals surface area contributed by atoms with Crippen LogP contribution in [0.3, 0.4) is 0 Å². The number of rotatable bonds is 4. The number of Topliss-reactive ketones (excluding diaryl/α,β-unsaturated/α-hetero) is 1. The average Bonchev–Trinajstić information content (AvgIpc) is 3.19. The van der Waals surface area contributed by atoms with Crippen molar-refractivity contribution in [2.45, 2.75) is 51.0 Å². The first kappa shape index (κ1) is 19.3. The second kappa shape index (κ2) is 8.18. The summed E-state index contributed by atoms with van der Waals surface area (Å²) in [5, 5.41) is 0.546. The molecule has 0 saturated carbocycles. The topological polar surface area (TPSA) is 65.0 Å². The van der Waals surface area contributed by atoms with Crippen molar-refractivity contribution in [3.8, 4) is 0 Å². The van der Waals surface area contributed by atoms with Gasteiger partial charge in [-0.05, 0) is 44.2 Å². The zero-order valence-electron chi connectivity index (χ0n) is 15.9. The van der Waals surface area contributed by atoms with Gasteiger partial charge in [0.2, 0.25) is 0 Å². The van der Waals surface area contributed by atoms with Crippen LogP contribution in [-0.4, -0.2) is 36.8 Å². The van der Waals surface area contributed by atoms with Crippen LogP contribution in [-0.2, 0) is 19.1 Å². The van der Waals surface area contributed by atoms with Crippen LogP contribution in [0.5, 0.6) is 0 Å². The highest BCUT2D eigenvalue weighted by atomic mass is 35.5. The third-order valence-electron chi connectivity index (χ3n) is 5.76. The van der Waals surface area contributed by atoms with Crippen molar-refractivity contribution in [3.05, 3.63) is 46.1 Å². The van der Waals surface area contributed by atoms with Gasteiger partial charge in [0, 0.05) is 41.0 Å². The van der Waals surface area contributed by atoms with E-state index in [4.69, 9.17) is 21.1 Å². The van der Waals surface area contributed by atoms with Crippen molar-refractivity contribution >= 4 is 29.1 Å². The van der Waals surface area contributed by atoms with Gasteiger partial charge in [0.25, 0.3) is 0 Å². The molecule has 4 rings (SSSR count). The van der Waals surface area contributed by atoms with E-state index in [1.54, 1.807) is 6.07 Å². The van der Waals surface area contributed by atoms with Gasteiger partial charge in [0.1, 0.15) is 12.5 Å². The molecule has 3 atom stereocenters. The highest BCUT2D eigenvalue weighted by Crippen LogP contribution is 2.45. The molecule has 1 aromatic rings. The van der Waals surface area contributed by atoms with Crippen molar-refractivity contribution in [1.29, 1.82) is 0 Å². The highest BCUT2D eigenvalue weighted by Gasteiger charge is 2.44. The Bertz CT molecular complexity index is 854. The van der Waals surface area contributed by atoms with E-state index < -0.39 is 11.8 Å². The summed E-state index contributed by atoms with van der Waals surface area (Å²) >= 11 is 6.49. The molecule has 2 heterocycles. The van der Waals surface area contributed by atoms with Crippen LogP contribution in [0, 0.1) is 5.92 Å². The van der Waals surface area contributed by atoms with E-state index in [-0.39, 0.29) is 24.5 Å². The van der Waals surface area contributed by atoms with Crippen molar-refractivity contribution in [2.75, 3.05) is 13.2 Å². The van der Waals surface area contributed by atoms with Crippen LogP contribution in [0.1, 0.15) is 50.5 Å². The Morgan fingerprint density at radius 3 is 2.86 bits per heavy atom.